The van der Waals surface area contributed by atoms with Crippen molar-refractivity contribution in [3.8, 4) is 11.4 Å². The molecule has 0 saturated carbocycles. The van der Waals surface area contributed by atoms with Crippen molar-refractivity contribution in [2.75, 3.05) is 6.61 Å². The Labute approximate surface area is 151 Å². The van der Waals surface area contributed by atoms with Crippen LogP contribution in [0.3, 0.4) is 0 Å². The summed E-state index contributed by atoms with van der Waals surface area (Å²) in [6, 6.07) is 15.7. The monoisotopic (exact) mass is 348 g/mol. The van der Waals surface area contributed by atoms with E-state index in [1.165, 1.54) is 6.33 Å². The molecule has 26 heavy (non-hydrogen) atoms. The Bertz CT molecular complexity index is 890. The van der Waals surface area contributed by atoms with Gasteiger partial charge in [-0.2, -0.15) is 5.10 Å². The fraction of sp³-hybridized carbons (Fsp3) is 0.250. The van der Waals surface area contributed by atoms with Gasteiger partial charge in [-0.3, -0.25) is 4.79 Å². The number of amides is 1. The predicted octanol–water partition coefficient (Wildman–Crippen LogP) is 2.70. The predicted molar refractivity (Wildman–Crippen MR) is 97.0 cm³/mol. The average molecular weight is 348 g/mol. The molecule has 6 heteroatoms. The van der Waals surface area contributed by atoms with Gasteiger partial charge < -0.3 is 10.1 Å². The molecule has 4 rings (SSSR count). The van der Waals surface area contributed by atoms with E-state index < -0.39 is 0 Å². The third kappa shape index (κ3) is 3.31. The average Bonchev–Trinajstić information content (AvgIpc) is 3.22. The van der Waals surface area contributed by atoms with Crippen LogP contribution in [0.5, 0.6) is 5.75 Å². The molecule has 2 atom stereocenters. The van der Waals surface area contributed by atoms with Gasteiger partial charge in [-0.15, -0.1) is 0 Å². The zero-order valence-corrected chi connectivity index (χ0v) is 14.5. The van der Waals surface area contributed by atoms with Crippen LogP contribution in [0.25, 0.3) is 5.69 Å². The molecular formula is C20H20N4O2. The molecule has 1 aromatic heterocycles. The minimum atomic E-state index is -0.165. The number of carbonyl (C=O) groups is 1. The van der Waals surface area contributed by atoms with Crippen LogP contribution in [0.1, 0.15) is 24.1 Å². The SMILES string of the molecule is C[C@H](NC(=O)[C@@H]1COc2ccccc2C1)c1ccc(-n2cncn2)cc1. The lowest BCUT2D eigenvalue weighted by Crippen LogP contribution is -2.38. The van der Waals surface area contributed by atoms with Gasteiger partial charge in [-0.1, -0.05) is 30.3 Å². The first kappa shape index (κ1) is 16.3. The van der Waals surface area contributed by atoms with Gasteiger partial charge in [0.25, 0.3) is 0 Å². The lowest BCUT2D eigenvalue weighted by Gasteiger charge is -2.26. The number of hydrogen-bond acceptors (Lipinski definition) is 4. The second kappa shape index (κ2) is 7.00. The van der Waals surface area contributed by atoms with E-state index in [0.717, 1.165) is 22.6 Å². The molecule has 3 aromatic rings. The fourth-order valence-corrected chi connectivity index (χ4v) is 3.17. The number of aromatic nitrogens is 3. The molecule has 0 radical (unpaired) electrons. The zero-order valence-electron chi connectivity index (χ0n) is 14.5. The summed E-state index contributed by atoms with van der Waals surface area (Å²) in [5.74, 6) is 0.738. The first-order chi connectivity index (χ1) is 12.7. The Morgan fingerprint density at radius 2 is 2.04 bits per heavy atom. The van der Waals surface area contributed by atoms with E-state index in [0.29, 0.717) is 13.0 Å². The molecule has 1 amide bonds. The highest BCUT2D eigenvalue weighted by Gasteiger charge is 2.26. The number of nitrogens with one attached hydrogen (secondary N) is 1. The van der Waals surface area contributed by atoms with Crippen LogP contribution in [0.2, 0.25) is 0 Å². The largest absolute Gasteiger partial charge is 0.492 e. The van der Waals surface area contributed by atoms with Crippen LogP contribution in [0, 0.1) is 5.92 Å². The van der Waals surface area contributed by atoms with Gasteiger partial charge in [-0.25, -0.2) is 9.67 Å². The lowest BCUT2D eigenvalue weighted by molar-refractivity contribution is -0.126. The maximum atomic E-state index is 12.6. The highest BCUT2D eigenvalue weighted by atomic mass is 16.5. The molecule has 1 aliphatic rings. The second-order valence-corrected chi connectivity index (χ2v) is 6.48. The number of ether oxygens (including phenoxy) is 1. The molecule has 132 valence electrons. The zero-order chi connectivity index (χ0) is 17.9. The number of nitrogens with zero attached hydrogens (tertiary/aromatic N) is 3. The van der Waals surface area contributed by atoms with Gasteiger partial charge in [0.15, 0.2) is 0 Å². The van der Waals surface area contributed by atoms with Crippen molar-refractivity contribution in [2.45, 2.75) is 19.4 Å². The smallest absolute Gasteiger partial charge is 0.227 e. The lowest BCUT2D eigenvalue weighted by atomic mass is 9.95. The van der Waals surface area contributed by atoms with E-state index in [1.807, 2.05) is 55.5 Å². The molecule has 0 bridgehead atoms. The van der Waals surface area contributed by atoms with Crippen LogP contribution >= 0.6 is 0 Å². The summed E-state index contributed by atoms with van der Waals surface area (Å²) in [7, 11) is 0. The van der Waals surface area contributed by atoms with Crippen LogP contribution in [-0.4, -0.2) is 27.3 Å². The van der Waals surface area contributed by atoms with Gasteiger partial charge in [0.05, 0.1) is 17.6 Å². The molecule has 0 unspecified atom stereocenters. The number of hydrogen-bond donors (Lipinski definition) is 1. The Morgan fingerprint density at radius 3 is 2.81 bits per heavy atom. The third-order valence-corrected chi connectivity index (χ3v) is 4.68. The highest BCUT2D eigenvalue weighted by Crippen LogP contribution is 2.27. The van der Waals surface area contributed by atoms with Gasteiger partial charge in [-0.05, 0) is 42.7 Å². The van der Waals surface area contributed by atoms with Crippen molar-refractivity contribution in [3.05, 3.63) is 72.3 Å². The van der Waals surface area contributed by atoms with Gasteiger partial charge in [0.1, 0.15) is 25.0 Å². The number of rotatable bonds is 4. The van der Waals surface area contributed by atoms with E-state index in [1.54, 1.807) is 11.0 Å². The fourth-order valence-electron chi connectivity index (χ4n) is 3.17. The van der Waals surface area contributed by atoms with Crippen molar-refractivity contribution in [1.29, 1.82) is 0 Å². The van der Waals surface area contributed by atoms with Gasteiger partial charge in [0, 0.05) is 0 Å². The molecule has 0 aliphatic carbocycles. The molecule has 1 aliphatic heterocycles. The van der Waals surface area contributed by atoms with Crippen LogP contribution < -0.4 is 10.1 Å². The summed E-state index contributed by atoms with van der Waals surface area (Å²) in [4.78, 5) is 16.6. The van der Waals surface area contributed by atoms with E-state index in [4.69, 9.17) is 4.74 Å². The van der Waals surface area contributed by atoms with E-state index in [2.05, 4.69) is 15.4 Å². The van der Waals surface area contributed by atoms with Crippen molar-refractivity contribution in [1.82, 2.24) is 20.1 Å². The van der Waals surface area contributed by atoms with Gasteiger partial charge >= 0.3 is 0 Å². The Hall–Kier alpha value is -3.15. The normalized spacial score (nSPS) is 17.0. The maximum absolute atomic E-state index is 12.6. The topological polar surface area (TPSA) is 69.0 Å². The first-order valence-corrected chi connectivity index (χ1v) is 8.67. The van der Waals surface area contributed by atoms with E-state index in [9.17, 15) is 4.79 Å². The van der Waals surface area contributed by atoms with Crippen LogP contribution in [0.15, 0.2) is 61.2 Å². The molecule has 0 fully saturated rings. The molecule has 0 saturated heterocycles. The van der Waals surface area contributed by atoms with Crippen LogP contribution in [-0.2, 0) is 11.2 Å². The minimum absolute atomic E-state index is 0.0207. The number of para-hydroxylation sites is 1. The quantitative estimate of drug-likeness (QED) is 0.787. The Balaban J connectivity index is 1.40. The summed E-state index contributed by atoms with van der Waals surface area (Å²) >= 11 is 0. The molecule has 2 heterocycles. The highest BCUT2D eigenvalue weighted by molar-refractivity contribution is 5.80. The molecule has 2 aromatic carbocycles. The molecular weight excluding hydrogens is 328 g/mol. The Kier molecular flexibility index (Phi) is 4.39. The molecule has 1 N–H and O–H groups in total. The van der Waals surface area contributed by atoms with Crippen molar-refractivity contribution in [3.63, 3.8) is 0 Å². The second-order valence-electron chi connectivity index (χ2n) is 6.48. The first-order valence-electron chi connectivity index (χ1n) is 8.67. The number of fused-ring (bicyclic) bond motifs is 1. The van der Waals surface area contributed by atoms with E-state index in [-0.39, 0.29) is 17.9 Å². The summed E-state index contributed by atoms with van der Waals surface area (Å²) in [6.45, 7) is 2.40. The van der Waals surface area contributed by atoms with Crippen molar-refractivity contribution < 1.29 is 9.53 Å². The third-order valence-electron chi connectivity index (χ3n) is 4.68. The maximum Gasteiger partial charge on any atom is 0.227 e. The summed E-state index contributed by atoms with van der Waals surface area (Å²) in [5, 5.41) is 7.21. The van der Waals surface area contributed by atoms with Crippen molar-refractivity contribution in [2.24, 2.45) is 5.92 Å². The molecule has 0 spiro atoms. The summed E-state index contributed by atoms with van der Waals surface area (Å²) in [5.41, 5.74) is 3.06. The van der Waals surface area contributed by atoms with Crippen LogP contribution in [0.4, 0.5) is 0 Å². The standard InChI is InChI=1S/C20H20N4O2/c1-14(15-6-8-18(9-7-15)24-13-21-12-22-24)23-20(25)17-10-16-4-2-3-5-19(16)26-11-17/h2-9,12-14,17H,10-11H2,1H3,(H,23,25)/t14-,17-/m0/s1. The number of benzene rings is 2. The minimum Gasteiger partial charge on any atom is -0.492 e. The number of carbonyl (C=O) groups excluding carboxylic acids is 1. The van der Waals surface area contributed by atoms with Gasteiger partial charge in [0.2, 0.25) is 5.91 Å². The van der Waals surface area contributed by atoms with E-state index >= 15 is 0 Å². The summed E-state index contributed by atoms with van der Waals surface area (Å²) in [6.07, 6.45) is 3.86. The Morgan fingerprint density at radius 1 is 1.23 bits per heavy atom. The molecule has 6 nitrogen and oxygen atoms in total. The summed E-state index contributed by atoms with van der Waals surface area (Å²) < 4.78 is 7.42. The van der Waals surface area contributed by atoms with Crippen molar-refractivity contribution >= 4 is 5.91 Å².